The highest BCUT2D eigenvalue weighted by atomic mass is 35.5. The first-order valence-corrected chi connectivity index (χ1v) is 10.7. The van der Waals surface area contributed by atoms with Gasteiger partial charge in [-0.3, -0.25) is 4.79 Å². The van der Waals surface area contributed by atoms with Crippen LogP contribution >= 0.6 is 34.8 Å². The standard InChI is InChI=1S/C16H22Cl2N2O.C6H5Cl/c1-3-4-12(2)16(21)20-9-7-19(8-10-20)15-6-5-13(17)11-14(15)18;7-6-4-2-1-3-5-6/h5-6,11-12H,3-4,7-10H2,1-2H3;1-5H. The van der Waals surface area contributed by atoms with Gasteiger partial charge in [0, 0.05) is 42.1 Å². The molecule has 1 aliphatic heterocycles. The third kappa shape index (κ3) is 6.88. The number of anilines is 1. The Morgan fingerprint density at radius 3 is 2.11 bits per heavy atom. The molecule has 1 aliphatic rings. The van der Waals surface area contributed by atoms with Crippen LogP contribution in [-0.4, -0.2) is 37.0 Å². The Kier molecular flexibility index (Phi) is 9.43. The summed E-state index contributed by atoms with van der Waals surface area (Å²) in [4.78, 5) is 16.5. The summed E-state index contributed by atoms with van der Waals surface area (Å²) < 4.78 is 0. The van der Waals surface area contributed by atoms with Gasteiger partial charge in [0.05, 0.1) is 10.7 Å². The molecule has 3 rings (SSSR count). The molecule has 0 saturated carbocycles. The minimum Gasteiger partial charge on any atom is -0.367 e. The number of piperazine rings is 1. The van der Waals surface area contributed by atoms with Crippen LogP contribution in [0.3, 0.4) is 0 Å². The predicted molar refractivity (Wildman–Crippen MR) is 121 cm³/mol. The van der Waals surface area contributed by atoms with E-state index in [-0.39, 0.29) is 11.8 Å². The first kappa shape index (κ1) is 22.9. The Morgan fingerprint density at radius 1 is 0.964 bits per heavy atom. The van der Waals surface area contributed by atoms with Gasteiger partial charge in [-0.25, -0.2) is 0 Å². The molecule has 6 heteroatoms. The number of rotatable bonds is 4. The monoisotopic (exact) mass is 440 g/mol. The molecule has 28 heavy (non-hydrogen) atoms. The van der Waals surface area contributed by atoms with E-state index < -0.39 is 0 Å². The van der Waals surface area contributed by atoms with Gasteiger partial charge in [0.15, 0.2) is 0 Å². The van der Waals surface area contributed by atoms with Gasteiger partial charge in [0.1, 0.15) is 0 Å². The molecule has 0 radical (unpaired) electrons. The molecule has 2 aromatic carbocycles. The molecule has 3 nitrogen and oxygen atoms in total. The second-order valence-corrected chi connectivity index (χ2v) is 8.17. The topological polar surface area (TPSA) is 23.6 Å². The summed E-state index contributed by atoms with van der Waals surface area (Å²) in [5.74, 6) is 0.402. The number of nitrogens with zero attached hydrogens (tertiary/aromatic N) is 2. The average molecular weight is 442 g/mol. The normalized spacial score (nSPS) is 14.9. The van der Waals surface area contributed by atoms with Crippen LogP contribution < -0.4 is 4.90 Å². The van der Waals surface area contributed by atoms with E-state index in [1.54, 1.807) is 6.07 Å². The molecule has 1 atom stereocenters. The van der Waals surface area contributed by atoms with Crippen molar-refractivity contribution in [2.24, 2.45) is 5.92 Å². The fraction of sp³-hybridized carbons (Fsp3) is 0.409. The largest absolute Gasteiger partial charge is 0.367 e. The summed E-state index contributed by atoms with van der Waals surface area (Å²) in [6.45, 7) is 7.27. The maximum absolute atomic E-state index is 12.3. The molecule has 1 unspecified atom stereocenters. The van der Waals surface area contributed by atoms with Gasteiger partial charge in [-0.05, 0) is 36.8 Å². The van der Waals surface area contributed by atoms with Crippen molar-refractivity contribution >= 4 is 46.4 Å². The number of amides is 1. The Hall–Kier alpha value is -1.42. The van der Waals surface area contributed by atoms with Crippen LogP contribution in [0.2, 0.25) is 15.1 Å². The quantitative estimate of drug-likeness (QED) is 0.546. The molecule has 1 amide bonds. The van der Waals surface area contributed by atoms with E-state index in [2.05, 4.69) is 11.8 Å². The molecule has 1 saturated heterocycles. The van der Waals surface area contributed by atoms with E-state index in [1.165, 1.54) is 0 Å². The second-order valence-electron chi connectivity index (χ2n) is 6.89. The zero-order chi connectivity index (χ0) is 20.5. The summed E-state index contributed by atoms with van der Waals surface area (Å²) in [5.41, 5.74) is 0.995. The highest BCUT2D eigenvalue weighted by Crippen LogP contribution is 2.29. The van der Waals surface area contributed by atoms with Crippen molar-refractivity contribution in [2.75, 3.05) is 31.1 Å². The third-order valence-corrected chi connectivity index (χ3v) is 5.51. The van der Waals surface area contributed by atoms with Crippen LogP contribution in [0.1, 0.15) is 26.7 Å². The zero-order valence-corrected chi connectivity index (χ0v) is 18.6. The van der Waals surface area contributed by atoms with Gasteiger partial charge in [-0.2, -0.15) is 0 Å². The number of benzene rings is 2. The molecule has 1 heterocycles. The second kappa shape index (κ2) is 11.5. The molecule has 2 aromatic rings. The van der Waals surface area contributed by atoms with E-state index in [0.717, 1.165) is 49.7 Å². The first-order chi connectivity index (χ1) is 13.4. The number of carbonyl (C=O) groups excluding carboxylic acids is 1. The van der Waals surface area contributed by atoms with Gasteiger partial charge >= 0.3 is 0 Å². The number of carbonyl (C=O) groups is 1. The molecule has 1 fully saturated rings. The van der Waals surface area contributed by atoms with Gasteiger partial charge in [0.25, 0.3) is 0 Å². The molecule has 0 aliphatic carbocycles. The summed E-state index contributed by atoms with van der Waals surface area (Å²) in [5, 5.41) is 2.11. The third-order valence-electron chi connectivity index (χ3n) is 4.72. The van der Waals surface area contributed by atoms with Crippen LogP contribution in [0, 0.1) is 5.92 Å². The van der Waals surface area contributed by atoms with Crippen molar-refractivity contribution < 1.29 is 4.79 Å². The van der Waals surface area contributed by atoms with E-state index in [9.17, 15) is 4.79 Å². The first-order valence-electron chi connectivity index (χ1n) is 9.61. The molecule has 152 valence electrons. The van der Waals surface area contributed by atoms with Crippen molar-refractivity contribution in [3.05, 3.63) is 63.6 Å². The van der Waals surface area contributed by atoms with Crippen molar-refractivity contribution in [1.82, 2.24) is 4.90 Å². The van der Waals surface area contributed by atoms with E-state index in [4.69, 9.17) is 34.8 Å². The van der Waals surface area contributed by atoms with Gasteiger partial charge in [-0.1, -0.05) is 73.3 Å². The SMILES string of the molecule is CCCC(C)C(=O)N1CCN(c2ccc(Cl)cc2Cl)CC1.Clc1ccccc1. The predicted octanol–water partition coefficient (Wildman–Crippen LogP) is 6.42. The van der Waals surface area contributed by atoms with Gasteiger partial charge < -0.3 is 9.80 Å². The average Bonchev–Trinajstić information content (AvgIpc) is 2.69. The fourth-order valence-electron chi connectivity index (χ4n) is 3.19. The van der Waals surface area contributed by atoms with Crippen LogP contribution in [0.15, 0.2) is 48.5 Å². The van der Waals surface area contributed by atoms with E-state index in [1.807, 2.05) is 54.3 Å². The molecule has 0 N–H and O–H groups in total. The maximum atomic E-state index is 12.3. The highest BCUT2D eigenvalue weighted by Gasteiger charge is 2.25. The van der Waals surface area contributed by atoms with Crippen LogP contribution in [0.25, 0.3) is 0 Å². The number of halogens is 3. The molecular weight excluding hydrogens is 415 g/mol. The molecule has 0 bridgehead atoms. The Balaban J connectivity index is 0.000000336. The maximum Gasteiger partial charge on any atom is 0.225 e. The van der Waals surface area contributed by atoms with Crippen molar-refractivity contribution in [2.45, 2.75) is 26.7 Å². The summed E-state index contributed by atoms with van der Waals surface area (Å²) in [6.07, 6.45) is 2.01. The minimum absolute atomic E-state index is 0.126. The van der Waals surface area contributed by atoms with Crippen LogP contribution in [0.5, 0.6) is 0 Å². The Morgan fingerprint density at radius 2 is 1.61 bits per heavy atom. The fourth-order valence-corrected chi connectivity index (χ4v) is 3.86. The lowest BCUT2D eigenvalue weighted by molar-refractivity contribution is -0.135. The van der Waals surface area contributed by atoms with Crippen molar-refractivity contribution in [3.8, 4) is 0 Å². The summed E-state index contributed by atoms with van der Waals surface area (Å²) in [6, 6.07) is 15.0. The Bertz CT molecular complexity index is 747. The van der Waals surface area contributed by atoms with Gasteiger partial charge in [0.2, 0.25) is 5.91 Å². The Labute approximate surface area is 183 Å². The minimum atomic E-state index is 0.126. The highest BCUT2D eigenvalue weighted by molar-refractivity contribution is 6.36. The van der Waals surface area contributed by atoms with E-state index >= 15 is 0 Å². The smallest absolute Gasteiger partial charge is 0.225 e. The van der Waals surface area contributed by atoms with Crippen molar-refractivity contribution in [3.63, 3.8) is 0 Å². The molecule has 0 aromatic heterocycles. The summed E-state index contributed by atoms with van der Waals surface area (Å²) in [7, 11) is 0. The van der Waals surface area contributed by atoms with Crippen LogP contribution in [0.4, 0.5) is 5.69 Å². The lowest BCUT2D eigenvalue weighted by atomic mass is 10.0. The zero-order valence-electron chi connectivity index (χ0n) is 16.4. The lowest BCUT2D eigenvalue weighted by Crippen LogP contribution is -2.50. The van der Waals surface area contributed by atoms with E-state index in [0.29, 0.717) is 10.0 Å². The number of hydrogen-bond donors (Lipinski definition) is 0. The lowest BCUT2D eigenvalue weighted by Gasteiger charge is -2.37. The van der Waals surface area contributed by atoms with Crippen molar-refractivity contribution in [1.29, 1.82) is 0 Å². The van der Waals surface area contributed by atoms with Crippen LogP contribution in [-0.2, 0) is 4.79 Å². The molecule has 0 spiro atoms. The van der Waals surface area contributed by atoms with Gasteiger partial charge in [-0.15, -0.1) is 0 Å². The number of hydrogen-bond acceptors (Lipinski definition) is 2. The summed E-state index contributed by atoms with van der Waals surface area (Å²) >= 11 is 17.7. The molecular formula is C22H27Cl3N2O.